The molecule has 0 spiro atoms. The maximum absolute atomic E-state index is 12.9. The lowest BCUT2D eigenvalue weighted by Gasteiger charge is -2.35. The second-order valence-corrected chi connectivity index (χ2v) is 6.81. The van der Waals surface area contributed by atoms with Gasteiger partial charge in [0.25, 0.3) is 11.8 Å². The average molecular weight is 351 g/mol. The third-order valence-electron chi connectivity index (χ3n) is 4.91. The van der Waals surface area contributed by atoms with Crippen molar-refractivity contribution in [3.63, 3.8) is 0 Å². The number of likely N-dealkylation sites (tertiary alicyclic amines) is 1. The van der Waals surface area contributed by atoms with Gasteiger partial charge in [0.1, 0.15) is 5.69 Å². The van der Waals surface area contributed by atoms with E-state index in [0.29, 0.717) is 11.3 Å². The van der Waals surface area contributed by atoms with E-state index < -0.39 is 0 Å². The number of pyridine rings is 1. The van der Waals surface area contributed by atoms with Gasteiger partial charge in [0.05, 0.1) is 0 Å². The summed E-state index contributed by atoms with van der Waals surface area (Å²) >= 11 is 0. The van der Waals surface area contributed by atoms with Crippen LogP contribution in [0.4, 0.5) is 5.69 Å². The maximum atomic E-state index is 12.9. The van der Waals surface area contributed by atoms with Crippen molar-refractivity contribution >= 4 is 17.5 Å². The van der Waals surface area contributed by atoms with Gasteiger partial charge in [-0.3, -0.25) is 14.6 Å². The highest BCUT2D eigenvalue weighted by molar-refractivity contribution is 6.04. The van der Waals surface area contributed by atoms with E-state index in [1.165, 1.54) is 12.6 Å². The zero-order valence-electron chi connectivity index (χ0n) is 15.4. The van der Waals surface area contributed by atoms with Gasteiger partial charge in [-0.05, 0) is 56.9 Å². The normalized spacial score (nSPS) is 17.0. The van der Waals surface area contributed by atoms with Gasteiger partial charge in [0.2, 0.25) is 0 Å². The predicted molar refractivity (Wildman–Crippen MR) is 102 cm³/mol. The van der Waals surface area contributed by atoms with Crippen molar-refractivity contribution in [3.05, 3.63) is 59.4 Å². The molecule has 2 heterocycles. The number of nitrogens with one attached hydrogen (secondary N) is 1. The van der Waals surface area contributed by atoms with Crippen LogP contribution in [-0.2, 0) is 0 Å². The summed E-state index contributed by atoms with van der Waals surface area (Å²) in [6.07, 6.45) is 5.74. The van der Waals surface area contributed by atoms with E-state index in [1.807, 2.05) is 36.1 Å². The van der Waals surface area contributed by atoms with E-state index in [-0.39, 0.29) is 23.6 Å². The van der Waals surface area contributed by atoms with Gasteiger partial charge in [-0.25, -0.2) is 0 Å². The van der Waals surface area contributed by atoms with Crippen molar-refractivity contribution in [1.29, 1.82) is 0 Å². The molecule has 136 valence electrons. The summed E-state index contributed by atoms with van der Waals surface area (Å²) < 4.78 is 0. The molecule has 0 radical (unpaired) electrons. The molecule has 3 rings (SSSR count). The minimum Gasteiger partial charge on any atom is -0.336 e. The lowest BCUT2D eigenvalue weighted by molar-refractivity contribution is 0.0608. The monoisotopic (exact) mass is 351 g/mol. The smallest absolute Gasteiger partial charge is 0.274 e. The van der Waals surface area contributed by atoms with Crippen LogP contribution in [0.5, 0.6) is 0 Å². The minimum absolute atomic E-state index is 0.0108. The molecule has 1 aromatic carbocycles. The van der Waals surface area contributed by atoms with Crippen LogP contribution in [0.2, 0.25) is 0 Å². The van der Waals surface area contributed by atoms with Crippen LogP contribution in [0.15, 0.2) is 42.6 Å². The Hall–Kier alpha value is -2.69. The Labute approximate surface area is 154 Å². The Morgan fingerprint density at radius 2 is 1.96 bits per heavy atom. The zero-order valence-corrected chi connectivity index (χ0v) is 15.4. The van der Waals surface area contributed by atoms with Crippen LogP contribution < -0.4 is 5.32 Å². The van der Waals surface area contributed by atoms with E-state index in [2.05, 4.69) is 17.2 Å². The second-order valence-electron chi connectivity index (χ2n) is 6.81. The molecule has 2 amide bonds. The summed E-state index contributed by atoms with van der Waals surface area (Å²) in [7, 11) is 0. The van der Waals surface area contributed by atoms with Crippen LogP contribution in [0, 0.1) is 6.92 Å². The molecular weight excluding hydrogens is 326 g/mol. The van der Waals surface area contributed by atoms with Crippen LogP contribution in [0.3, 0.4) is 0 Å². The number of nitrogens with zero attached hydrogens (tertiary/aromatic N) is 2. The number of hydrogen-bond donors (Lipinski definition) is 1. The summed E-state index contributed by atoms with van der Waals surface area (Å²) in [5.41, 5.74) is 2.61. The maximum Gasteiger partial charge on any atom is 0.274 e. The van der Waals surface area contributed by atoms with Crippen LogP contribution in [0.1, 0.15) is 59.0 Å². The van der Waals surface area contributed by atoms with Crippen molar-refractivity contribution in [2.24, 2.45) is 0 Å². The number of benzene rings is 1. The molecule has 5 heteroatoms. The van der Waals surface area contributed by atoms with Crippen molar-refractivity contribution in [2.45, 2.75) is 45.6 Å². The predicted octanol–water partition coefficient (Wildman–Crippen LogP) is 4.05. The Kier molecular flexibility index (Phi) is 5.66. The average Bonchev–Trinajstić information content (AvgIpc) is 2.69. The fraction of sp³-hybridized carbons (Fsp3) is 0.381. The molecule has 1 N–H and O–H groups in total. The lowest BCUT2D eigenvalue weighted by Crippen LogP contribution is -2.43. The van der Waals surface area contributed by atoms with Crippen molar-refractivity contribution in [1.82, 2.24) is 9.88 Å². The van der Waals surface area contributed by atoms with Crippen molar-refractivity contribution < 1.29 is 9.59 Å². The molecule has 1 aliphatic heterocycles. The van der Waals surface area contributed by atoms with Gasteiger partial charge >= 0.3 is 0 Å². The first-order valence-corrected chi connectivity index (χ1v) is 9.23. The largest absolute Gasteiger partial charge is 0.336 e. The second kappa shape index (κ2) is 8.13. The van der Waals surface area contributed by atoms with Crippen LogP contribution in [-0.4, -0.2) is 34.3 Å². The number of piperidine rings is 1. The molecule has 1 fully saturated rings. The molecule has 0 saturated carbocycles. The first kappa shape index (κ1) is 18.1. The molecule has 0 bridgehead atoms. The van der Waals surface area contributed by atoms with Crippen molar-refractivity contribution in [3.8, 4) is 0 Å². The van der Waals surface area contributed by atoms with Crippen LogP contribution >= 0.6 is 0 Å². The first-order chi connectivity index (χ1) is 12.6. The fourth-order valence-electron chi connectivity index (χ4n) is 3.38. The standard InChI is InChI=1S/C21H25N3O2/c1-3-18-6-4-5-13-24(18)21(26)16-11-12-22-19(14-16)20(25)23-17-9-7-15(2)8-10-17/h7-12,14,18H,3-6,13H2,1-2H3,(H,23,25). The molecule has 0 aliphatic carbocycles. The molecule has 1 aromatic heterocycles. The highest BCUT2D eigenvalue weighted by atomic mass is 16.2. The fourth-order valence-corrected chi connectivity index (χ4v) is 3.38. The Balaban J connectivity index is 1.75. The summed E-state index contributed by atoms with van der Waals surface area (Å²) in [5, 5.41) is 2.82. The molecule has 26 heavy (non-hydrogen) atoms. The number of hydrogen-bond acceptors (Lipinski definition) is 3. The first-order valence-electron chi connectivity index (χ1n) is 9.23. The molecule has 1 atom stereocenters. The molecular formula is C21H25N3O2. The highest BCUT2D eigenvalue weighted by Gasteiger charge is 2.26. The lowest BCUT2D eigenvalue weighted by atomic mass is 9.99. The molecule has 1 aliphatic rings. The van der Waals surface area contributed by atoms with E-state index in [0.717, 1.165) is 31.4 Å². The van der Waals surface area contributed by atoms with Gasteiger partial charge in [0.15, 0.2) is 0 Å². The SMILES string of the molecule is CCC1CCCCN1C(=O)c1ccnc(C(=O)Nc2ccc(C)cc2)c1. The minimum atomic E-state index is -0.311. The third-order valence-corrected chi connectivity index (χ3v) is 4.91. The Morgan fingerprint density at radius 3 is 2.69 bits per heavy atom. The zero-order chi connectivity index (χ0) is 18.5. The van der Waals surface area contributed by atoms with Crippen molar-refractivity contribution in [2.75, 3.05) is 11.9 Å². The molecule has 5 nitrogen and oxygen atoms in total. The number of anilines is 1. The van der Waals surface area contributed by atoms with Gasteiger partial charge < -0.3 is 10.2 Å². The number of carbonyl (C=O) groups excluding carboxylic acids is 2. The van der Waals surface area contributed by atoms with E-state index in [9.17, 15) is 9.59 Å². The molecule has 1 saturated heterocycles. The van der Waals surface area contributed by atoms with E-state index in [4.69, 9.17) is 0 Å². The Bertz CT molecular complexity index is 786. The number of aryl methyl sites for hydroxylation is 1. The van der Waals surface area contributed by atoms with Gasteiger partial charge in [-0.2, -0.15) is 0 Å². The highest BCUT2D eigenvalue weighted by Crippen LogP contribution is 2.22. The molecule has 1 unspecified atom stereocenters. The third kappa shape index (κ3) is 4.10. The summed E-state index contributed by atoms with van der Waals surface area (Å²) in [5.74, 6) is -0.322. The topological polar surface area (TPSA) is 62.3 Å². The molecule has 2 aromatic rings. The van der Waals surface area contributed by atoms with E-state index >= 15 is 0 Å². The summed E-state index contributed by atoms with van der Waals surface area (Å²) in [4.78, 5) is 31.5. The Morgan fingerprint density at radius 1 is 1.19 bits per heavy atom. The van der Waals surface area contributed by atoms with Crippen LogP contribution in [0.25, 0.3) is 0 Å². The number of aromatic nitrogens is 1. The van der Waals surface area contributed by atoms with Gasteiger partial charge in [-0.1, -0.05) is 24.6 Å². The number of carbonyl (C=O) groups is 2. The van der Waals surface area contributed by atoms with E-state index in [1.54, 1.807) is 12.1 Å². The van der Waals surface area contributed by atoms with Gasteiger partial charge in [-0.15, -0.1) is 0 Å². The quantitative estimate of drug-likeness (QED) is 0.904. The summed E-state index contributed by atoms with van der Waals surface area (Å²) in [6, 6.07) is 11.1. The number of amides is 2. The summed E-state index contributed by atoms with van der Waals surface area (Å²) in [6.45, 7) is 4.89. The number of rotatable bonds is 4. The van der Waals surface area contributed by atoms with Gasteiger partial charge in [0, 0.05) is 30.0 Å².